The molecule has 1 aromatic heterocycles. The number of hydrogen-bond acceptors (Lipinski definition) is 3. The van der Waals surface area contributed by atoms with Crippen molar-refractivity contribution in [1.29, 1.82) is 0 Å². The van der Waals surface area contributed by atoms with E-state index in [-0.39, 0.29) is 17.7 Å². The summed E-state index contributed by atoms with van der Waals surface area (Å²) in [6.07, 6.45) is 1.56. The van der Waals surface area contributed by atoms with Gasteiger partial charge in [0.1, 0.15) is 0 Å². The molecular weight excluding hydrogens is 457 g/mol. The first kappa shape index (κ1) is 21.4. The molecule has 0 saturated heterocycles. The summed E-state index contributed by atoms with van der Waals surface area (Å²) in [7, 11) is -3.93. The fraction of sp³-hybridized carbons (Fsp3) is 0.0870. The minimum Gasteiger partial charge on any atom is -0.481 e. The molecule has 0 aliphatic carbocycles. The van der Waals surface area contributed by atoms with E-state index in [2.05, 4.69) is 0 Å². The van der Waals surface area contributed by atoms with Crippen LogP contribution in [0.4, 0.5) is 0 Å². The van der Waals surface area contributed by atoms with Gasteiger partial charge in [0, 0.05) is 28.0 Å². The van der Waals surface area contributed by atoms with Gasteiger partial charge >= 0.3 is 5.97 Å². The molecule has 0 spiro atoms. The molecule has 0 atom stereocenters. The third-order valence-corrected chi connectivity index (χ3v) is 7.15. The SMILES string of the molecule is O=C(O)CCc1cn(S(=O)(=O)c2cccc(-c3ccc(Cl)cc3)c2)c2ccc(Cl)cc12. The Kier molecular flexibility index (Phi) is 5.79. The molecule has 0 radical (unpaired) electrons. The van der Waals surface area contributed by atoms with Crippen LogP contribution in [-0.2, 0) is 21.2 Å². The Hall–Kier alpha value is -2.80. The number of hydrogen-bond donors (Lipinski definition) is 1. The van der Waals surface area contributed by atoms with Crippen LogP contribution in [-0.4, -0.2) is 23.5 Å². The normalized spacial score (nSPS) is 11.7. The lowest BCUT2D eigenvalue weighted by Gasteiger charge is -2.10. The fourth-order valence-electron chi connectivity index (χ4n) is 3.47. The summed E-state index contributed by atoms with van der Waals surface area (Å²) in [5.41, 5.74) is 2.63. The molecule has 0 aliphatic heterocycles. The molecule has 0 saturated carbocycles. The smallest absolute Gasteiger partial charge is 0.303 e. The number of carbonyl (C=O) groups is 1. The van der Waals surface area contributed by atoms with Crippen molar-refractivity contribution in [3.05, 3.63) is 88.5 Å². The van der Waals surface area contributed by atoms with Crippen molar-refractivity contribution < 1.29 is 18.3 Å². The highest BCUT2D eigenvalue weighted by Gasteiger charge is 2.22. The number of aromatic nitrogens is 1. The van der Waals surface area contributed by atoms with Crippen LogP contribution < -0.4 is 0 Å². The van der Waals surface area contributed by atoms with Gasteiger partial charge < -0.3 is 5.11 Å². The Bertz CT molecular complexity index is 1390. The van der Waals surface area contributed by atoms with Crippen LogP contribution in [0.15, 0.2) is 77.8 Å². The summed E-state index contributed by atoms with van der Waals surface area (Å²) >= 11 is 12.1. The Morgan fingerprint density at radius 1 is 0.903 bits per heavy atom. The molecular formula is C23H17Cl2NO4S. The Labute approximate surface area is 189 Å². The zero-order chi connectivity index (χ0) is 22.2. The lowest BCUT2D eigenvalue weighted by Crippen LogP contribution is -2.12. The maximum absolute atomic E-state index is 13.5. The van der Waals surface area contributed by atoms with Gasteiger partial charge in [-0.25, -0.2) is 12.4 Å². The Morgan fingerprint density at radius 2 is 1.61 bits per heavy atom. The standard InChI is InChI=1S/C23H17Cl2NO4S/c24-18-7-4-15(5-8-18)16-2-1-3-20(12-16)31(29,30)26-14-17(6-11-23(27)28)21-13-19(25)9-10-22(21)26/h1-5,7-10,12-14H,6,11H2,(H,27,28). The molecule has 1 heterocycles. The van der Waals surface area contributed by atoms with E-state index >= 15 is 0 Å². The first-order chi connectivity index (χ1) is 14.8. The van der Waals surface area contributed by atoms with Gasteiger partial charge in [-0.05, 0) is 65.6 Å². The highest BCUT2D eigenvalue weighted by molar-refractivity contribution is 7.90. The number of nitrogens with zero attached hydrogens (tertiary/aromatic N) is 1. The van der Waals surface area contributed by atoms with Crippen LogP contribution in [0.5, 0.6) is 0 Å². The van der Waals surface area contributed by atoms with E-state index in [1.807, 2.05) is 18.2 Å². The van der Waals surface area contributed by atoms with E-state index in [9.17, 15) is 13.2 Å². The second-order valence-electron chi connectivity index (χ2n) is 7.05. The van der Waals surface area contributed by atoms with Crippen molar-refractivity contribution >= 4 is 50.1 Å². The van der Waals surface area contributed by atoms with Crippen LogP contribution in [0.2, 0.25) is 10.0 Å². The average Bonchev–Trinajstić information content (AvgIpc) is 3.11. The van der Waals surface area contributed by atoms with Crippen molar-refractivity contribution in [3.8, 4) is 11.1 Å². The molecule has 31 heavy (non-hydrogen) atoms. The van der Waals surface area contributed by atoms with Crippen molar-refractivity contribution in [2.45, 2.75) is 17.7 Å². The second-order valence-corrected chi connectivity index (χ2v) is 9.73. The molecule has 4 aromatic rings. The fourth-order valence-corrected chi connectivity index (χ4v) is 5.21. The summed E-state index contributed by atoms with van der Waals surface area (Å²) in [6, 6.07) is 18.7. The van der Waals surface area contributed by atoms with Gasteiger partial charge in [-0.1, -0.05) is 47.5 Å². The molecule has 1 N–H and O–H groups in total. The lowest BCUT2D eigenvalue weighted by molar-refractivity contribution is -0.136. The quantitative estimate of drug-likeness (QED) is 0.379. The van der Waals surface area contributed by atoms with Gasteiger partial charge in [0.25, 0.3) is 10.0 Å². The molecule has 0 bridgehead atoms. The molecule has 5 nitrogen and oxygen atoms in total. The predicted octanol–water partition coefficient (Wildman–Crippen LogP) is 5.87. The molecule has 8 heteroatoms. The van der Waals surface area contributed by atoms with Crippen LogP contribution >= 0.6 is 23.2 Å². The summed E-state index contributed by atoms with van der Waals surface area (Å²) in [6.45, 7) is 0. The van der Waals surface area contributed by atoms with E-state index in [1.54, 1.807) is 42.5 Å². The first-order valence-corrected chi connectivity index (χ1v) is 11.6. The highest BCUT2D eigenvalue weighted by atomic mass is 35.5. The summed E-state index contributed by atoms with van der Waals surface area (Å²) in [4.78, 5) is 11.2. The van der Waals surface area contributed by atoms with Gasteiger partial charge in [-0.2, -0.15) is 0 Å². The van der Waals surface area contributed by atoms with Crippen LogP contribution in [0.3, 0.4) is 0 Å². The van der Waals surface area contributed by atoms with E-state index in [0.29, 0.717) is 26.5 Å². The van der Waals surface area contributed by atoms with Gasteiger partial charge in [0.15, 0.2) is 0 Å². The number of benzene rings is 3. The molecule has 3 aromatic carbocycles. The largest absolute Gasteiger partial charge is 0.481 e. The van der Waals surface area contributed by atoms with E-state index in [0.717, 1.165) is 11.1 Å². The Morgan fingerprint density at radius 3 is 2.32 bits per heavy atom. The number of carboxylic acids is 1. The molecule has 0 aliphatic rings. The maximum atomic E-state index is 13.5. The van der Waals surface area contributed by atoms with Gasteiger partial charge in [-0.15, -0.1) is 0 Å². The molecule has 158 valence electrons. The molecule has 0 fully saturated rings. The summed E-state index contributed by atoms with van der Waals surface area (Å²) in [5, 5.41) is 10.7. The molecule has 0 unspecified atom stereocenters. The number of aliphatic carboxylic acids is 1. The van der Waals surface area contributed by atoms with E-state index in [1.165, 1.54) is 16.2 Å². The second kappa shape index (κ2) is 8.38. The van der Waals surface area contributed by atoms with E-state index < -0.39 is 16.0 Å². The third kappa shape index (κ3) is 4.32. The van der Waals surface area contributed by atoms with Crippen LogP contribution in [0, 0.1) is 0 Å². The van der Waals surface area contributed by atoms with Crippen molar-refractivity contribution in [2.75, 3.05) is 0 Å². The summed E-state index contributed by atoms with van der Waals surface area (Å²) < 4.78 is 28.2. The zero-order valence-electron chi connectivity index (χ0n) is 16.1. The predicted molar refractivity (Wildman–Crippen MR) is 122 cm³/mol. The lowest BCUT2D eigenvalue weighted by atomic mass is 10.1. The van der Waals surface area contributed by atoms with Gasteiger partial charge in [-0.3, -0.25) is 4.79 Å². The zero-order valence-corrected chi connectivity index (χ0v) is 18.5. The van der Waals surface area contributed by atoms with Crippen LogP contribution in [0.25, 0.3) is 22.0 Å². The minimum atomic E-state index is -3.93. The minimum absolute atomic E-state index is 0.113. The molecule has 0 amide bonds. The van der Waals surface area contributed by atoms with Crippen molar-refractivity contribution in [2.24, 2.45) is 0 Å². The molecule has 4 rings (SSSR count). The van der Waals surface area contributed by atoms with E-state index in [4.69, 9.17) is 28.3 Å². The van der Waals surface area contributed by atoms with Crippen LogP contribution in [0.1, 0.15) is 12.0 Å². The number of halogens is 2. The highest BCUT2D eigenvalue weighted by Crippen LogP contribution is 2.31. The Balaban J connectivity index is 1.83. The monoisotopic (exact) mass is 473 g/mol. The van der Waals surface area contributed by atoms with Gasteiger partial charge in [0.05, 0.1) is 10.4 Å². The average molecular weight is 474 g/mol. The van der Waals surface area contributed by atoms with Crippen molar-refractivity contribution in [3.63, 3.8) is 0 Å². The number of rotatable bonds is 6. The summed E-state index contributed by atoms with van der Waals surface area (Å²) in [5.74, 6) is -0.957. The van der Waals surface area contributed by atoms with Gasteiger partial charge in [0.2, 0.25) is 0 Å². The van der Waals surface area contributed by atoms with Crippen molar-refractivity contribution in [1.82, 2.24) is 3.97 Å². The topological polar surface area (TPSA) is 76.4 Å². The number of carboxylic acid groups (broad SMARTS) is 1. The number of fused-ring (bicyclic) bond motifs is 1. The number of aryl methyl sites for hydroxylation is 1. The maximum Gasteiger partial charge on any atom is 0.303 e. The third-order valence-electron chi connectivity index (χ3n) is 4.99. The first-order valence-electron chi connectivity index (χ1n) is 9.38.